The third kappa shape index (κ3) is 4.13. The Morgan fingerprint density at radius 3 is 2.75 bits per heavy atom. The third-order valence-corrected chi connectivity index (χ3v) is 3.54. The van der Waals surface area contributed by atoms with Crippen LogP contribution in [0.3, 0.4) is 0 Å². The second-order valence-electron chi connectivity index (χ2n) is 5.07. The van der Waals surface area contributed by atoms with Gasteiger partial charge in [0.25, 0.3) is 0 Å². The number of anilines is 2. The average Bonchev–Trinajstić information content (AvgIpc) is 2.48. The van der Waals surface area contributed by atoms with Crippen LogP contribution in [0.2, 0.25) is 0 Å². The maximum absolute atomic E-state index is 11.8. The van der Waals surface area contributed by atoms with Crippen molar-refractivity contribution in [2.45, 2.75) is 38.2 Å². The molecule has 0 saturated heterocycles. The van der Waals surface area contributed by atoms with Crippen LogP contribution >= 0.6 is 0 Å². The lowest BCUT2D eigenvalue weighted by Crippen LogP contribution is -2.25. The molecule has 1 aromatic rings. The summed E-state index contributed by atoms with van der Waals surface area (Å²) >= 11 is 0. The highest BCUT2D eigenvalue weighted by molar-refractivity contribution is 5.94. The maximum Gasteiger partial charge on any atom is 0.250 e. The summed E-state index contributed by atoms with van der Waals surface area (Å²) in [6.45, 7) is 0.0795. The molecule has 2 rings (SSSR count). The van der Waals surface area contributed by atoms with Gasteiger partial charge in [0, 0.05) is 6.07 Å². The monoisotopic (exact) mass is 278 g/mol. The molecule has 20 heavy (non-hydrogen) atoms. The number of ether oxygens (including phenoxy) is 2. The highest BCUT2D eigenvalue weighted by Gasteiger charge is 2.15. The van der Waals surface area contributed by atoms with Gasteiger partial charge in [-0.15, -0.1) is 0 Å². The summed E-state index contributed by atoms with van der Waals surface area (Å²) in [6.07, 6.45) is 5.99. The van der Waals surface area contributed by atoms with E-state index < -0.39 is 0 Å². The van der Waals surface area contributed by atoms with E-state index in [4.69, 9.17) is 15.2 Å². The summed E-state index contributed by atoms with van der Waals surface area (Å²) in [5.41, 5.74) is 6.92. The van der Waals surface area contributed by atoms with E-state index in [9.17, 15) is 4.79 Å². The topological polar surface area (TPSA) is 73.6 Å². The number of nitrogens with two attached hydrogens (primary N) is 1. The minimum Gasteiger partial charge on any atom is -0.497 e. The average molecular weight is 278 g/mol. The molecule has 5 heteroatoms. The summed E-state index contributed by atoms with van der Waals surface area (Å²) in [5, 5.41) is 2.76. The van der Waals surface area contributed by atoms with E-state index in [2.05, 4.69) is 5.32 Å². The van der Waals surface area contributed by atoms with Crippen molar-refractivity contribution in [3.8, 4) is 5.75 Å². The van der Waals surface area contributed by atoms with Crippen LogP contribution in [0.4, 0.5) is 11.4 Å². The molecule has 1 amide bonds. The predicted molar refractivity (Wildman–Crippen MR) is 78.9 cm³/mol. The largest absolute Gasteiger partial charge is 0.497 e. The van der Waals surface area contributed by atoms with Crippen molar-refractivity contribution in [1.82, 2.24) is 0 Å². The fourth-order valence-corrected chi connectivity index (χ4v) is 2.39. The molecule has 1 fully saturated rings. The lowest BCUT2D eigenvalue weighted by Gasteiger charge is -2.21. The van der Waals surface area contributed by atoms with E-state index in [-0.39, 0.29) is 18.6 Å². The zero-order valence-corrected chi connectivity index (χ0v) is 11.9. The number of nitrogen functional groups attached to an aromatic ring is 1. The highest BCUT2D eigenvalue weighted by atomic mass is 16.5. The lowest BCUT2D eigenvalue weighted by molar-refractivity contribution is -0.123. The van der Waals surface area contributed by atoms with Crippen molar-refractivity contribution in [3.05, 3.63) is 18.2 Å². The van der Waals surface area contributed by atoms with Gasteiger partial charge in [0.1, 0.15) is 12.4 Å². The van der Waals surface area contributed by atoms with E-state index >= 15 is 0 Å². The van der Waals surface area contributed by atoms with Gasteiger partial charge in [-0.1, -0.05) is 19.3 Å². The Balaban J connectivity index is 1.81. The van der Waals surface area contributed by atoms with Crippen LogP contribution in [0, 0.1) is 0 Å². The molecule has 1 aromatic carbocycles. The number of carbonyl (C=O) groups excluding carboxylic acids is 1. The van der Waals surface area contributed by atoms with Crippen molar-refractivity contribution in [3.63, 3.8) is 0 Å². The van der Waals surface area contributed by atoms with Crippen molar-refractivity contribution < 1.29 is 14.3 Å². The molecule has 0 radical (unpaired) electrons. The number of hydrogen-bond acceptors (Lipinski definition) is 4. The van der Waals surface area contributed by atoms with Crippen molar-refractivity contribution in [2.75, 3.05) is 24.8 Å². The Hall–Kier alpha value is -1.75. The molecule has 0 unspecified atom stereocenters. The number of methoxy groups -OCH3 is 1. The smallest absolute Gasteiger partial charge is 0.250 e. The molecule has 110 valence electrons. The zero-order chi connectivity index (χ0) is 14.4. The first-order valence-electron chi connectivity index (χ1n) is 7.04. The summed E-state index contributed by atoms with van der Waals surface area (Å²) in [6, 6.07) is 5.16. The molecule has 1 saturated carbocycles. The van der Waals surface area contributed by atoms with Gasteiger partial charge in [0.05, 0.1) is 24.6 Å². The van der Waals surface area contributed by atoms with Gasteiger partial charge in [-0.25, -0.2) is 0 Å². The molecule has 0 bridgehead atoms. The summed E-state index contributed by atoms with van der Waals surface area (Å²) < 4.78 is 10.7. The van der Waals surface area contributed by atoms with Gasteiger partial charge in [0.2, 0.25) is 5.91 Å². The number of benzene rings is 1. The Bertz CT molecular complexity index is 456. The summed E-state index contributed by atoms with van der Waals surface area (Å²) in [4.78, 5) is 11.8. The molecule has 1 aliphatic carbocycles. The normalized spacial score (nSPS) is 15.8. The molecule has 0 aromatic heterocycles. The molecular weight excluding hydrogens is 256 g/mol. The number of rotatable bonds is 5. The molecule has 3 N–H and O–H groups in total. The fourth-order valence-electron chi connectivity index (χ4n) is 2.39. The standard InChI is InChI=1S/C15H22N2O3/c1-19-12-7-8-14(13(16)9-12)17-15(18)10-20-11-5-3-2-4-6-11/h7-9,11H,2-6,10,16H2,1H3,(H,17,18). The van der Waals surface area contributed by atoms with Crippen LogP contribution in [0.5, 0.6) is 5.75 Å². The molecule has 0 aliphatic heterocycles. The Morgan fingerprint density at radius 2 is 2.10 bits per heavy atom. The van der Waals surface area contributed by atoms with E-state index in [1.54, 1.807) is 25.3 Å². The second-order valence-corrected chi connectivity index (χ2v) is 5.07. The SMILES string of the molecule is COc1ccc(NC(=O)COC2CCCCC2)c(N)c1. The van der Waals surface area contributed by atoms with E-state index in [0.717, 1.165) is 12.8 Å². The van der Waals surface area contributed by atoms with E-state index in [1.165, 1.54) is 19.3 Å². The Labute approximate surface area is 119 Å². The molecular formula is C15H22N2O3. The minimum absolute atomic E-state index is 0.0795. The number of hydrogen-bond donors (Lipinski definition) is 2. The van der Waals surface area contributed by atoms with Crippen molar-refractivity contribution >= 4 is 17.3 Å². The first-order valence-corrected chi connectivity index (χ1v) is 7.04. The number of carbonyl (C=O) groups is 1. The zero-order valence-electron chi connectivity index (χ0n) is 11.9. The number of nitrogens with one attached hydrogen (secondary N) is 1. The van der Waals surface area contributed by atoms with E-state index in [1.807, 2.05) is 0 Å². The van der Waals surface area contributed by atoms with Crippen molar-refractivity contribution in [1.29, 1.82) is 0 Å². The van der Waals surface area contributed by atoms with E-state index in [0.29, 0.717) is 17.1 Å². The molecule has 0 heterocycles. The first-order chi connectivity index (χ1) is 9.69. The highest BCUT2D eigenvalue weighted by Crippen LogP contribution is 2.24. The first kappa shape index (κ1) is 14.7. The van der Waals surface area contributed by atoms with Gasteiger partial charge in [-0.2, -0.15) is 0 Å². The lowest BCUT2D eigenvalue weighted by atomic mass is 9.98. The molecule has 1 aliphatic rings. The van der Waals surface area contributed by atoms with Gasteiger partial charge < -0.3 is 20.5 Å². The molecule has 0 atom stereocenters. The van der Waals surface area contributed by atoms with Crippen molar-refractivity contribution in [2.24, 2.45) is 0 Å². The van der Waals surface area contributed by atoms with Gasteiger partial charge in [-0.3, -0.25) is 4.79 Å². The van der Waals surface area contributed by atoms with Crippen LogP contribution in [-0.4, -0.2) is 25.7 Å². The van der Waals surface area contributed by atoms with Crippen LogP contribution < -0.4 is 15.8 Å². The predicted octanol–water partition coefficient (Wildman–Crippen LogP) is 2.57. The number of amides is 1. The van der Waals surface area contributed by atoms with Gasteiger partial charge >= 0.3 is 0 Å². The van der Waals surface area contributed by atoms with Crippen LogP contribution in [0.1, 0.15) is 32.1 Å². The van der Waals surface area contributed by atoms with Gasteiger partial charge in [0.15, 0.2) is 0 Å². The Morgan fingerprint density at radius 1 is 1.35 bits per heavy atom. The molecule has 0 spiro atoms. The van der Waals surface area contributed by atoms with Crippen LogP contribution in [0.25, 0.3) is 0 Å². The summed E-state index contributed by atoms with van der Waals surface area (Å²) in [7, 11) is 1.57. The summed E-state index contributed by atoms with van der Waals surface area (Å²) in [5.74, 6) is 0.492. The van der Waals surface area contributed by atoms with Crippen LogP contribution in [-0.2, 0) is 9.53 Å². The third-order valence-electron chi connectivity index (χ3n) is 3.54. The maximum atomic E-state index is 11.8. The second kappa shape index (κ2) is 7.14. The Kier molecular flexibility index (Phi) is 5.24. The quantitative estimate of drug-likeness (QED) is 0.812. The van der Waals surface area contributed by atoms with Crippen LogP contribution in [0.15, 0.2) is 18.2 Å². The fraction of sp³-hybridized carbons (Fsp3) is 0.533. The molecule has 5 nitrogen and oxygen atoms in total. The van der Waals surface area contributed by atoms with Gasteiger partial charge in [-0.05, 0) is 25.0 Å². The minimum atomic E-state index is -0.174.